The second-order valence-corrected chi connectivity index (χ2v) is 29.6. The van der Waals surface area contributed by atoms with Crippen LogP contribution in [0.5, 0.6) is 0 Å². The Morgan fingerprint density at radius 1 is 0.250 bits per heavy atom. The summed E-state index contributed by atoms with van der Waals surface area (Å²) in [5.41, 5.74) is 1.87. The summed E-state index contributed by atoms with van der Waals surface area (Å²) in [4.78, 5) is 64.3. The summed E-state index contributed by atoms with van der Waals surface area (Å²) in [6.07, 6.45) is 58.4. The topological polar surface area (TPSA) is 78.1 Å². The van der Waals surface area contributed by atoms with Crippen LogP contribution in [-0.2, 0) is 12.8 Å². The van der Waals surface area contributed by atoms with E-state index in [0.717, 1.165) is 210 Å². The van der Waals surface area contributed by atoms with E-state index in [2.05, 4.69) is 77.9 Å². The van der Waals surface area contributed by atoms with Gasteiger partial charge in [0.2, 0.25) is 0 Å². The Morgan fingerprint density at radius 2 is 0.565 bits per heavy atom. The molecule has 2 heterocycles. The van der Waals surface area contributed by atoms with Crippen molar-refractivity contribution in [1.82, 2.24) is 9.13 Å². The highest BCUT2D eigenvalue weighted by atomic mass is 16.2. The molecule has 504 valence electrons. The lowest BCUT2D eigenvalue weighted by molar-refractivity contribution is 0.381. The maximum absolute atomic E-state index is 16.3. The Hall–Kier alpha value is -4.84. The van der Waals surface area contributed by atoms with Gasteiger partial charge < -0.3 is 0 Å². The maximum Gasteiger partial charge on any atom is 0.261 e. The summed E-state index contributed by atoms with van der Waals surface area (Å²) < 4.78 is 3.58. The van der Waals surface area contributed by atoms with Crippen LogP contribution in [0.2, 0.25) is 0 Å². The van der Waals surface area contributed by atoms with Gasteiger partial charge in [-0.25, -0.2) is 0 Å². The molecule has 92 heavy (non-hydrogen) atoms. The largest absolute Gasteiger partial charge is 0.271 e. The molecule has 7 aromatic carbocycles. The SMILES string of the molecule is CCCCCCCCCCCC(CCCCCCCCCCC)n1c(=O)c2cc3ccc4c(CCCCCC)c5c(=O)n(C(CCCCCCCCCCC)CCCCCCCCCCC)c(=O)c6cc7cc(CCCCCC)c8cc(c1=O)c2c1c3c4c(c65)c7c81. The van der Waals surface area contributed by atoms with Gasteiger partial charge in [-0.15, -0.1) is 0 Å². The zero-order valence-electron chi connectivity index (χ0n) is 59.5. The molecule has 0 amide bonds. The molecule has 0 N–H and O–H groups in total. The second-order valence-electron chi connectivity index (χ2n) is 29.6. The average molecular weight is 1250 g/mol. The van der Waals surface area contributed by atoms with Crippen molar-refractivity contribution in [3.63, 3.8) is 0 Å². The Kier molecular flexibility index (Phi) is 29.1. The Labute approximate surface area is 555 Å². The maximum atomic E-state index is 16.3. The van der Waals surface area contributed by atoms with Gasteiger partial charge in [-0.3, -0.25) is 28.3 Å². The molecule has 0 aliphatic rings. The zero-order valence-corrected chi connectivity index (χ0v) is 59.5. The number of aromatic nitrogens is 2. The van der Waals surface area contributed by atoms with Crippen LogP contribution in [0.25, 0.3) is 86.2 Å². The molecule has 0 radical (unpaired) electrons. The number of hydrogen-bond acceptors (Lipinski definition) is 4. The molecule has 0 aliphatic heterocycles. The van der Waals surface area contributed by atoms with E-state index in [1.54, 1.807) is 4.57 Å². The van der Waals surface area contributed by atoms with Gasteiger partial charge >= 0.3 is 0 Å². The van der Waals surface area contributed by atoms with Crippen molar-refractivity contribution in [2.75, 3.05) is 0 Å². The number of aryl methyl sites for hydroxylation is 2. The molecule has 2 aromatic heterocycles. The minimum atomic E-state index is -0.153. The Balaban J connectivity index is 1.21. The average Bonchev–Trinajstić information content (AvgIpc) is 0.662. The van der Waals surface area contributed by atoms with Crippen LogP contribution in [-0.4, -0.2) is 9.13 Å². The summed E-state index contributed by atoms with van der Waals surface area (Å²) >= 11 is 0. The summed E-state index contributed by atoms with van der Waals surface area (Å²) in [6.45, 7) is 13.7. The molecule has 6 nitrogen and oxygen atoms in total. The number of nitrogens with zero attached hydrogens (tertiary/aromatic N) is 2. The predicted molar refractivity (Wildman–Crippen MR) is 405 cm³/mol. The number of benzene rings is 7. The normalized spacial score (nSPS) is 12.6. The minimum Gasteiger partial charge on any atom is -0.271 e. The Morgan fingerprint density at radius 3 is 1.00 bits per heavy atom. The molecule has 0 bridgehead atoms. The molecule has 0 fully saturated rings. The van der Waals surface area contributed by atoms with Gasteiger partial charge in [0.25, 0.3) is 22.2 Å². The number of rotatable bonds is 52. The highest BCUT2D eigenvalue weighted by Crippen LogP contribution is 2.53. The summed E-state index contributed by atoms with van der Waals surface area (Å²) in [7, 11) is 0. The van der Waals surface area contributed by atoms with Crippen molar-refractivity contribution < 1.29 is 0 Å². The van der Waals surface area contributed by atoms with Gasteiger partial charge in [-0.1, -0.05) is 329 Å². The van der Waals surface area contributed by atoms with E-state index >= 15 is 19.2 Å². The standard InChI is InChI=1S/C86H126N2O4/c1-7-13-19-25-29-33-37-41-46-52-66(53-47-42-38-34-30-26-20-14-8-2)87-83(89)71-60-64-57-58-69-68(56-50-24-18-12-6)80-79-72(84(90)88(86(80)92)67(54-48-43-39-35-31-27-21-15-9-3)55-49-44-40-36-32-28-22-16-10-4)61-65-59-63(51-45-23-17-11-5)70-62-73(85(87)91)76(71)81-74(64)77(69)82(79)75(65)78(70)81/h57-62,66-67H,7-56H2,1-6H3. The molecular formula is C86H126N2O4. The molecular weight excluding hydrogens is 1120 g/mol. The highest BCUT2D eigenvalue weighted by Gasteiger charge is 2.32. The monoisotopic (exact) mass is 1250 g/mol. The van der Waals surface area contributed by atoms with Gasteiger partial charge in [0.05, 0.1) is 5.39 Å². The minimum absolute atomic E-state index is 0.0818. The van der Waals surface area contributed by atoms with E-state index in [0.29, 0.717) is 16.2 Å². The van der Waals surface area contributed by atoms with Crippen molar-refractivity contribution in [1.29, 1.82) is 0 Å². The molecule has 0 unspecified atom stereocenters. The number of unbranched alkanes of at least 4 members (excludes halogenated alkanes) is 38. The molecule has 0 saturated heterocycles. The van der Waals surface area contributed by atoms with Crippen LogP contribution >= 0.6 is 0 Å². The summed E-state index contributed by atoms with van der Waals surface area (Å²) in [5, 5.41) is 15.2. The summed E-state index contributed by atoms with van der Waals surface area (Å²) in [6, 6.07) is 13.2. The van der Waals surface area contributed by atoms with E-state index in [4.69, 9.17) is 0 Å². The highest BCUT2D eigenvalue weighted by molar-refractivity contribution is 6.50. The van der Waals surface area contributed by atoms with Crippen molar-refractivity contribution >= 4 is 86.2 Å². The van der Waals surface area contributed by atoms with Crippen molar-refractivity contribution in [3.05, 3.63) is 88.9 Å². The van der Waals surface area contributed by atoms with Crippen LogP contribution in [0.15, 0.2) is 55.6 Å². The van der Waals surface area contributed by atoms with Gasteiger partial charge in [0, 0.05) is 49.8 Å². The first-order chi connectivity index (χ1) is 45.3. The third-order valence-electron chi connectivity index (χ3n) is 22.4. The van der Waals surface area contributed by atoms with Crippen LogP contribution in [0, 0.1) is 0 Å². The van der Waals surface area contributed by atoms with Crippen molar-refractivity contribution in [2.24, 2.45) is 0 Å². The predicted octanol–water partition coefficient (Wildman–Crippen LogP) is 26.2. The Bertz CT molecular complexity index is 3760. The fraction of sp³-hybridized carbons (Fsp3) is 0.674. The zero-order chi connectivity index (χ0) is 64.6. The van der Waals surface area contributed by atoms with E-state index in [1.807, 2.05) is 4.57 Å². The quantitative estimate of drug-likeness (QED) is 0.0216. The van der Waals surface area contributed by atoms with Gasteiger partial charge in [0.15, 0.2) is 0 Å². The van der Waals surface area contributed by atoms with Crippen molar-refractivity contribution in [2.45, 2.75) is 375 Å². The molecule has 0 aliphatic carbocycles. The van der Waals surface area contributed by atoms with Crippen LogP contribution in [0.4, 0.5) is 0 Å². The molecule has 9 rings (SSSR count). The first-order valence-corrected chi connectivity index (χ1v) is 39.8. The first-order valence-electron chi connectivity index (χ1n) is 39.8. The van der Waals surface area contributed by atoms with Crippen molar-refractivity contribution in [3.8, 4) is 0 Å². The van der Waals surface area contributed by atoms with E-state index in [-0.39, 0.29) is 34.3 Å². The van der Waals surface area contributed by atoms with Gasteiger partial charge in [-0.05, 0) is 124 Å². The fourth-order valence-electron chi connectivity index (χ4n) is 17.2. The lowest BCUT2D eigenvalue weighted by atomic mass is 9.77. The first kappa shape index (κ1) is 71.5. The third kappa shape index (κ3) is 17.0. The second kappa shape index (κ2) is 37.5. The van der Waals surface area contributed by atoms with Gasteiger partial charge in [0.1, 0.15) is 0 Å². The lowest BCUT2D eigenvalue weighted by Gasteiger charge is -2.27. The molecule has 6 heteroatoms. The molecule has 0 spiro atoms. The summed E-state index contributed by atoms with van der Waals surface area (Å²) in [5.74, 6) is 0. The van der Waals surface area contributed by atoms with Crippen LogP contribution < -0.4 is 22.2 Å². The lowest BCUT2D eigenvalue weighted by Crippen LogP contribution is -2.37. The number of pyridine rings is 2. The van der Waals surface area contributed by atoms with E-state index in [1.165, 1.54) is 192 Å². The van der Waals surface area contributed by atoms with E-state index < -0.39 is 0 Å². The molecule has 9 aromatic rings. The third-order valence-corrected chi connectivity index (χ3v) is 22.4. The fourth-order valence-corrected chi connectivity index (χ4v) is 17.2. The van der Waals surface area contributed by atoms with Crippen LogP contribution in [0.1, 0.15) is 373 Å². The smallest absolute Gasteiger partial charge is 0.261 e. The molecule has 0 atom stereocenters. The van der Waals surface area contributed by atoms with Gasteiger partial charge in [-0.2, -0.15) is 0 Å². The van der Waals surface area contributed by atoms with E-state index in [9.17, 15) is 0 Å². The molecule has 0 saturated carbocycles. The van der Waals surface area contributed by atoms with Crippen LogP contribution in [0.3, 0.4) is 0 Å². The number of hydrogen-bond donors (Lipinski definition) is 0.